The Morgan fingerprint density at radius 3 is 2.81 bits per heavy atom. The molecule has 0 aliphatic heterocycles. The van der Waals surface area contributed by atoms with Crippen LogP contribution in [0.3, 0.4) is 0 Å². The Bertz CT molecular complexity index is 502. The van der Waals surface area contributed by atoms with Gasteiger partial charge in [-0.05, 0) is 26.0 Å². The van der Waals surface area contributed by atoms with E-state index in [1.807, 2.05) is 25.1 Å². The number of H-pyrrole nitrogens is 1. The molecule has 1 N–H and O–H groups in total. The second-order valence-electron chi connectivity index (χ2n) is 3.56. The molecule has 86 valence electrons. The molecule has 0 atom stereocenters. The zero-order chi connectivity index (χ0) is 11.8. The predicted molar refractivity (Wildman–Crippen MR) is 66.3 cm³/mol. The number of ether oxygens (including phenoxy) is 1. The molecule has 3 nitrogen and oxygen atoms in total. The summed E-state index contributed by atoms with van der Waals surface area (Å²) in [7, 11) is 0. The molecule has 1 aromatic heterocycles. The van der Waals surface area contributed by atoms with E-state index in [2.05, 4.69) is 9.97 Å². The molecule has 16 heavy (non-hydrogen) atoms. The minimum Gasteiger partial charge on any atom is -0.492 e. The van der Waals surface area contributed by atoms with Crippen molar-refractivity contribution < 1.29 is 4.74 Å². The van der Waals surface area contributed by atoms with E-state index in [-0.39, 0.29) is 0 Å². The fourth-order valence-electron chi connectivity index (χ4n) is 1.49. The van der Waals surface area contributed by atoms with E-state index in [4.69, 9.17) is 27.9 Å². The molecule has 0 saturated heterocycles. The molecule has 2 rings (SSSR count). The minimum atomic E-state index is -1.03. The monoisotopic (exact) mass is 258 g/mol. The number of rotatable bonds is 3. The average Bonchev–Trinajstić information content (AvgIpc) is 2.62. The highest BCUT2D eigenvalue weighted by molar-refractivity contribution is 6.47. The fraction of sp³-hybridized carbons (Fsp3) is 0.364. The van der Waals surface area contributed by atoms with Crippen LogP contribution in [-0.4, -0.2) is 16.6 Å². The van der Waals surface area contributed by atoms with Crippen molar-refractivity contribution in [1.29, 1.82) is 0 Å². The molecule has 1 heterocycles. The minimum absolute atomic E-state index is 0.526. The summed E-state index contributed by atoms with van der Waals surface area (Å²) in [5, 5.41) is 0. The third kappa shape index (κ3) is 2.11. The quantitative estimate of drug-likeness (QED) is 0.855. The lowest BCUT2D eigenvalue weighted by Gasteiger charge is -2.07. The van der Waals surface area contributed by atoms with E-state index in [1.165, 1.54) is 0 Å². The second kappa shape index (κ2) is 4.15. The first-order valence-corrected chi connectivity index (χ1v) is 5.78. The number of alkyl halides is 2. The average molecular weight is 259 g/mol. The van der Waals surface area contributed by atoms with Gasteiger partial charge in [-0.2, -0.15) is 0 Å². The summed E-state index contributed by atoms with van der Waals surface area (Å²) >= 11 is 12.0. The van der Waals surface area contributed by atoms with E-state index < -0.39 is 4.33 Å². The molecule has 1 aromatic carbocycles. The van der Waals surface area contributed by atoms with Crippen LogP contribution in [0.1, 0.15) is 19.7 Å². The number of halogens is 2. The van der Waals surface area contributed by atoms with E-state index in [0.29, 0.717) is 12.4 Å². The number of imidazole rings is 1. The third-order valence-electron chi connectivity index (χ3n) is 2.19. The van der Waals surface area contributed by atoms with Gasteiger partial charge in [0.1, 0.15) is 17.1 Å². The van der Waals surface area contributed by atoms with Crippen LogP contribution < -0.4 is 4.74 Å². The van der Waals surface area contributed by atoms with Crippen molar-refractivity contribution in [2.45, 2.75) is 18.2 Å². The Balaban J connectivity index is 2.57. The number of benzene rings is 1. The van der Waals surface area contributed by atoms with E-state index in [1.54, 1.807) is 6.92 Å². The number of para-hydroxylation sites is 1. The summed E-state index contributed by atoms with van der Waals surface area (Å²) in [5.41, 5.74) is 1.63. The van der Waals surface area contributed by atoms with Crippen LogP contribution in [0.4, 0.5) is 0 Å². The number of hydrogen-bond donors (Lipinski definition) is 1. The number of aromatic nitrogens is 2. The molecule has 2 aromatic rings. The number of nitrogens with zero attached hydrogens (tertiary/aromatic N) is 1. The summed E-state index contributed by atoms with van der Waals surface area (Å²) in [4.78, 5) is 7.44. The molecule has 0 fully saturated rings. The van der Waals surface area contributed by atoms with Gasteiger partial charge in [-0.15, -0.1) is 0 Å². The zero-order valence-electron chi connectivity index (χ0n) is 9.05. The lowest BCUT2D eigenvalue weighted by Crippen LogP contribution is -2.05. The first-order chi connectivity index (χ1) is 7.52. The Morgan fingerprint density at radius 2 is 2.19 bits per heavy atom. The van der Waals surface area contributed by atoms with Crippen molar-refractivity contribution in [3.05, 3.63) is 24.0 Å². The van der Waals surface area contributed by atoms with Crippen LogP contribution in [0.2, 0.25) is 0 Å². The highest BCUT2D eigenvalue weighted by Crippen LogP contribution is 2.34. The molecular weight excluding hydrogens is 247 g/mol. The summed E-state index contributed by atoms with van der Waals surface area (Å²) in [5.74, 6) is 1.26. The van der Waals surface area contributed by atoms with Crippen molar-refractivity contribution >= 4 is 34.2 Å². The van der Waals surface area contributed by atoms with E-state index >= 15 is 0 Å². The summed E-state index contributed by atoms with van der Waals surface area (Å²) in [6, 6.07) is 5.68. The number of nitrogens with one attached hydrogen (secondary N) is 1. The maximum atomic E-state index is 5.99. The molecule has 0 bridgehead atoms. The van der Waals surface area contributed by atoms with Gasteiger partial charge < -0.3 is 9.72 Å². The van der Waals surface area contributed by atoms with Crippen molar-refractivity contribution in [3.8, 4) is 5.75 Å². The Labute approximate surface area is 104 Å². The molecule has 0 spiro atoms. The Hall–Kier alpha value is -0.930. The molecule has 0 aliphatic carbocycles. The van der Waals surface area contributed by atoms with Gasteiger partial charge >= 0.3 is 0 Å². The third-order valence-corrected chi connectivity index (χ3v) is 2.55. The second-order valence-corrected chi connectivity index (χ2v) is 5.26. The highest BCUT2D eigenvalue weighted by atomic mass is 35.5. The molecule has 0 aliphatic rings. The van der Waals surface area contributed by atoms with Crippen molar-refractivity contribution in [2.24, 2.45) is 0 Å². The predicted octanol–water partition coefficient (Wildman–Crippen LogP) is 3.61. The Morgan fingerprint density at radius 1 is 1.44 bits per heavy atom. The summed E-state index contributed by atoms with van der Waals surface area (Å²) in [6.07, 6.45) is 0. The van der Waals surface area contributed by atoms with Crippen LogP contribution >= 0.6 is 23.2 Å². The van der Waals surface area contributed by atoms with Crippen LogP contribution in [0, 0.1) is 0 Å². The van der Waals surface area contributed by atoms with E-state index in [9.17, 15) is 0 Å². The van der Waals surface area contributed by atoms with Crippen molar-refractivity contribution in [3.63, 3.8) is 0 Å². The first-order valence-electron chi connectivity index (χ1n) is 5.02. The number of aromatic amines is 1. The molecule has 0 saturated carbocycles. The van der Waals surface area contributed by atoms with E-state index in [0.717, 1.165) is 16.8 Å². The Kier molecular flexibility index (Phi) is 3.00. The normalized spacial score (nSPS) is 12.0. The van der Waals surface area contributed by atoms with Crippen molar-refractivity contribution in [2.75, 3.05) is 6.61 Å². The molecule has 0 amide bonds. The maximum absolute atomic E-state index is 5.99. The van der Waals surface area contributed by atoms with Gasteiger partial charge in [0, 0.05) is 0 Å². The van der Waals surface area contributed by atoms with Crippen LogP contribution in [-0.2, 0) is 4.33 Å². The molecule has 0 radical (unpaired) electrons. The van der Waals surface area contributed by atoms with Gasteiger partial charge in [-0.1, -0.05) is 29.3 Å². The highest BCUT2D eigenvalue weighted by Gasteiger charge is 2.24. The van der Waals surface area contributed by atoms with Gasteiger partial charge in [0.2, 0.25) is 0 Å². The van der Waals surface area contributed by atoms with Crippen molar-refractivity contribution in [1.82, 2.24) is 9.97 Å². The molecule has 0 unspecified atom stereocenters. The molecular formula is C11H12Cl2N2O. The van der Waals surface area contributed by atoms with Crippen LogP contribution in [0.15, 0.2) is 18.2 Å². The van der Waals surface area contributed by atoms with Gasteiger partial charge in [0.25, 0.3) is 0 Å². The topological polar surface area (TPSA) is 37.9 Å². The first kappa shape index (κ1) is 11.6. The smallest absolute Gasteiger partial charge is 0.172 e. The summed E-state index contributed by atoms with van der Waals surface area (Å²) < 4.78 is 4.45. The largest absolute Gasteiger partial charge is 0.492 e. The molecule has 5 heteroatoms. The lowest BCUT2D eigenvalue weighted by molar-refractivity contribution is 0.343. The lowest BCUT2D eigenvalue weighted by atomic mass is 10.3. The van der Waals surface area contributed by atoms with Crippen LogP contribution in [0.5, 0.6) is 5.75 Å². The fourth-order valence-corrected chi connectivity index (χ4v) is 1.66. The van der Waals surface area contributed by atoms with Gasteiger partial charge in [-0.25, -0.2) is 4.98 Å². The standard InChI is InChI=1S/C11H12Cl2N2O/c1-3-16-8-6-4-5-7-9(8)15-10(14-7)11(2,12)13/h4-6H,3H2,1-2H3,(H,14,15). The summed E-state index contributed by atoms with van der Waals surface area (Å²) in [6.45, 7) is 4.20. The number of hydrogen-bond acceptors (Lipinski definition) is 2. The van der Waals surface area contributed by atoms with Crippen LogP contribution in [0.25, 0.3) is 11.0 Å². The van der Waals surface area contributed by atoms with Gasteiger partial charge in [-0.3, -0.25) is 0 Å². The van der Waals surface area contributed by atoms with Gasteiger partial charge in [0.05, 0.1) is 12.1 Å². The maximum Gasteiger partial charge on any atom is 0.172 e. The SMILES string of the molecule is CCOc1cccc2[nH]c(C(C)(Cl)Cl)nc12. The zero-order valence-corrected chi connectivity index (χ0v) is 10.6. The van der Waals surface area contributed by atoms with Gasteiger partial charge in [0.15, 0.2) is 4.33 Å². The number of fused-ring (bicyclic) bond motifs is 1.